The summed E-state index contributed by atoms with van der Waals surface area (Å²) in [4.78, 5) is 23.6. The number of likely N-dealkylation sites (N-methyl/N-ethyl adjacent to an activating group) is 1. The number of amides is 1. The van der Waals surface area contributed by atoms with E-state index < -0.39 is 5.91 Å². The molecule has 0 fully saturated rings. The highest BCUT2D eigenvalue weighted by Gasteiger charge is 2.21. The van der Waals surface area contributed by atoms with Crippen molar-refractivity contribution in [1.29, 1.82) is 0 Å². The number of carbonyl (C=O) groups excluding carboxylic acids is 1. The number of benzene rings is 3. The minimum Gasteiger partial charge on any atom is -0.398 e. The van der Waals surface area contributed by atoms with Crippen molar-refractivity contribution in [2.45, 2.75) is 6.92 Å². The van der Waals surface area contributed by atoms with E-state index in [-0.39, 0.29) is 5.71 Å². The molecule has 180 valence electrons. The molecule has 0 heterocycles. The van der Waals surface area contributed by atoms with Gasteiger partial charge < -0.3 is 15.0 Å². The molecule has 0 aliphatic rings. The van der Waals surface area contributed by atoms with Crippen molar-refractivity contribution >= 4 is 52.3 Å². The van der Waals surface area contributed by atoms with Crippen molar-refractivity contribution in [3.8, 4) is 0 Å². The molecule has 0 saturated heterocycles. The van der Waals surface area contributed by atoms with Crippen molar-refractivity contribution in [3.05, 3.63) is 111 Å². The third-order valence-electron chi connectivity index (χ3n) is 4.95. The molecule has 3 rings (SSSR count). The number of nitrogens with zero attached hydrogens (tertiary/aromatic N) is 1. The van der Waals surface area contributed by atoms with Crippen LogP contribution in [-0.2, 0) is 14.5 Å². The number of rotatable bonds is 9. The van der Waals surface area contributed by atoms with Crippen LogP contribution in [-0.4, -0.2) is 25.8 Å². The Hall–Kier alpha value is -3.74. The number of hydrogen-bond donors (Lipinski definition) is 2. The van der Waals surface area contributed by atoms with Crippen LogP contribution in [0.15, 0.2) is 89.6 Å². The Morgan fingerprint density at radius 2 is 1.54 bits per heavy atom. The molecule has 35 heavy (non-hydrogen) atoms. The molecular formula is C27H25Cl2N3O3. The van der Waals surface area contributed by atoms with Gasteiger partial charge in [-0.1, -0.05) is 89.0 Å². The van der Waals surface area contributed by atoms with E-state index in [1.807, 2.05) is 67.6 Å². The highest BCUT2D eigenvalue weighted by molar-refractivity contribution is 6.45. The maximum absolute atomic E-state index is 12.6. The molecule has 0 aliphatic heterocycles. The SMILES string of the molecule is CNC(=O)C(=NOC)c1ccccc1C(ONc1ccccc1)=C(C)C=Cc1c(Cl)cccc1Cl. The number of para-hydroxylation sites is 1. The molecule has 6 nitrogen and oxygen atoms in total. The van der Waals surface area contributed by atoms with Crippen LogP contribution in [0.1, 0.15) is 23.6 Å². The number of hydrogen-bond acceptors (Lipinski definition) is 5. The normalized spacial score (nSPS) is 12.2. The van der Waals surface area contributed by atoms with Gasteiger partial charge in [0.2, 0.25) is 0 Å². The summed E-state index contributed by atoms with van der Waals surface area (Å²) in [7, 11) is 2.92. The first kappa shape index (κ1) is 25.9. The first-order valence-corrected chi connectivity index (χ1v) is 11.5. The van der Waals surface area contributed by atoms with Gasteiger partial charge in [-0.05, 0) is 36.8 Å². The molecule has 8 heteroatoms. The van der Waals surface area contributed by atoms with Crippen molar-refractivity contribution < 1.29 is 14.5 Å². The van der Waals surface area contributed by atoms with E-state index in [0.29, 0.717) is 32.5 Å². The lowest BCUT2D eigenvalue weighted by Gasteiger charge is -2.17. The van der Waals surface area contributed by atoms with Gasteiger partial charge in [0.1, 0.15) is 7.11 Å². The van der Waals surface area contributed by atoms with Gasteiger partial charge in [0.25, 0.3) is 5.91 Å². The summed E-state index contributed by atoms with van der Waals surface area (Å²) in [5, 5.41) is 7.61. The van der Waals surface area contributed by atoms with E-state index in [2.05, 4.69) is 16.0 Å². The number of halogens is 2. The van der Waals surface area contributed by atoms with Gasteiger partial charge in [-0.15, -0.1) is 0 Å². The van der Waals surface area contributed by atoms with Gasteiger partial charge in [-0.2, -0.15) is 0 Å². The molecule has 0 bridgehead atoms. The average Bonchev–Trinajstić information content (AvgIpc) is 2.87. The highest BCUT2D eigenvalue weighted by atomic mass is 35.5. The first-order chi connectivity index (χ1) is 17.0. The number of nitrogens with one attached hydrogen (secondary N) is 2. The van der Waals surface area contributed by atoms with E-state index in [1.165, 1.54) is 14.2 Å². The van der Waals surface area contributed by atoms with E-state index >= 15 is 0 Å². The Kier molecular flexibility index (Phi) is 9.35. The quantitative estimate of drug-likeness (QED) is 0.148. The minimum atomic E-state index is -0.397. The lowest BCUT2D eigenvalue weighted by Crippen LogP contribution is -2.29. The van der Waals surface area contributed by atoms with Gasteiger partial charge in [0.15, 0.2) is 11.5 Å². The summed E-state index contributed by atoms with van der Waals surface area (Å²) in [5.41, 5.74) is 6.42. The van der Waals surface area contributed by atoms with Crippen molar-refractivity contribution in [2.24, 2.45) is 5.16 Å². The Labute approximate surface area is 214 Å². The maximum atomic E-state index is 12.6. The summed E-state index contributed by atoms with van der Waals surface area (Å²) in [6.45, 7) is 1.88. The Balaban J connectivity index is 2.13. The molecule has 3 aromatic rings. The van der Waals surface area contributed by atoms with Crippen LogP contribution >= 0.6 is 23.2 Å². The lowest BCUT2D eigenvalue weighted by molar-refractivity contribution is -0.114. The second-order valence-corrected chi connectivity index (χ2v) is 8.11. The fourth-order valence-corrected chi connectivity index (χ4v) is 3.75. The van der Waals surface area contributed by atoms with Crippen molar-refractivity contribution in [1.82, 2.24) is 5.32 Å². The van der Waals surface area contributed by atoms with E-state index in [9.17, 15) is 4.79 Å². The lowest BCUT2D eigenvalue weighted by atomic mass is 9.98. The Morgan fingerprint density at radius 3 is 2.17 bits per heavy atom. The standard InChI is InChI=1S/C27H25Cl2N3O3/c1-18(16-17-22-23(28)14-9-15-24(22)29)26(35-31-19-10-5-4-6-11-19)21-13-8-7-12-20(21)25(32-34-3)27(33)30-2/h4-17,31H,1-3H3,(H,30,33). The number of anilines is 1. The van der Waals surface area contributed by atoms with Crippen LogP contribution in [0.3, 0.4) is 0 Å². The van der Waals surface area contributed by atoms with Crippen LogP contribution < -0.4 is 10.8 Å². The van der Waals surface area contributed by atoms with Crippen LogP contribution in [0.2, 0.25) is 10.0 Å². The molecule has 0 saturated carbocycles. The molecule has 0 unspecified atom stereocenters. The smallest absolute Gasteiger partial charge is 0.273 e. The maximum Gasteiger partial charge on any atom is 0.273 e. The summed E-state index contributed by atoms with van der Waals surface area (Å²) >= 11 is 12.7. The minimum absolute atomic E-state index is 0.109. The zero-order valence-corrected chi connectivity index (χ0v) is 21.0. The Bertz CT molecular complexity index is 1250. The fraction of sp³-hybridized carbons (Fsp3) is 0.111. The monoisotopic (exact) mass is 509 g/mol. The Morgan fingerprint density at radius 1 is 0.914 bits per heavy atom. The molecular weight excluding hydrogens is 485 g/mol. The first-order valence-electron chi connectivity index (χ1n) is 10.7. The zero-order valence-electron chi connectivity index (χ0n) is 19.5. The van der Waals surface area contributed by atoms with E-state index in [0.717, 1.165) is 11.3 Å². The zero-order chi connectivity index (χ0) is 25.2. The van der Waals surface area contributed by atoms with Gasteiger partial charge in [-0.3, -0.25) is 4.79 Å². The molecule has 0 spiro atoms. The largest absolute Gasteiger partial charge is 0.398 e. The number of allylic oxidation sites excluding steroid dienone is 2. The number of oxime groups is 1. The van der Waals surface area contributed by atoms with Crippen LogP contribution in [0.4, 0.5) is 5.69 Å². The van der Waals surface area contributed by atoms with Crippen LogP contribution in [0.25, 0.3) is 11.8 Å². The molecule has 2 N–H and O–H groups in total. The van der Waals surface area contributed by atoms with Crippen LogP contribution in [0.5, 0.6) is 0 Å². The predicted molar refractivity (Wildman–Crippen MR) is 143 cm³/mol. The fourth-order valence-electron chi connectivity index (χ4n) is 3.23. The van der Waals surface area contributed by atoms with Crippen molar-refractivity contribution in [2.75, 3.05) is 19.6 Å². The van der Waals surface area contributed by atoms with Gasteiger partial charge in [0, 0.05) is 33.8 Å². The van der Waals surface area contributed by atoms with Crippen LogP contribution in [0, 0.1) is 0 Å². The summed E-state index contributed by atoms with van der Waals surface area (Å²) < 4.78 is 0. The molecule has 0 radical (unpaired) electrons. The summed E-state index contributed by atoms with van der Waals surface area (Å²) in [6, 6.07) is 22.0. The van der Waals surface area contributed by atoms with Gasteiger partial charge >= 0.3 is 0 Å². The average molecular weight is 510 g/mol. The van der Waals surface area contributed by atoms with E-state index in [1.54, 1.807) is 24.3 Å². The summed E-state index contributed by atoms with van der Waals surface area (Å²) in [5.74, 6) is 0.0716. The molecule has 0 aliphatic carbocycles. The third kappa shape index (κ3) is 6.66. The number of carbonyl (C=O) groups is 1. The molecule has 3 aromatic carbocycles. The molecule has 1 amide bonds. The molecule has 0 atom stereocenters. The van der Waals surface area contributed by atoms with Gasteiger partial charge in [0.05, 0.1) is 5.69 Å². The van der Waals surface area contributed by atoms with Crippen molar-refractivity contribution in [3.63, 3.8) is 0 Å². The van der Waals surface area contributed by atoms with E-state index in [4.69, 9.17) is 32.9 Å². The van der Waals surface area contributed by atoms with Gasteiger partial charge in [-0.25, -0.2) is 5.48 Å². The second kappa shape index (κ2) is 12.6. The molecule has 0 aromatic heterocycles. The third-order valence-corrected chi connectivity index (χ3v) is 5.61. The topological polar surface area (TPSA) is 72.0 Å². The summed E-state index contributed by atoms with van der Waals surface area (Å²) in [6.07, 6.45) is 3.66. The predicted octanol–water partition coefficient (Wildman–Crippen LogP) is 6.58. The second-order valence-electron chi connectivity index (χ2n) is 7.30. The highest BCUT2D eigenvalue weighted by Crippen LogP contribution is 2.29.